The van der Waals surface area contributed by atoms with E-state index in [2.05, 4.69) is 5.32 Å². The summed E-state index contributed by atoms with van der Waals surface area (Å²) in [5, 5.41) is 13.6. The number of hydrogen-bond acceptors (Lipinski definition) is 3. The molecular weight excluding hydrogens is 233 g/mol. The summed E-state index contributed by atoms with van der Waals surface area (Å²) in [6, 6.07) is 4.51. The van der Waals surface area contributed by atoms with Gasteiger partial charge in [0.15, 0.2) is 11.6 Å². The van der Waals surface area contributed by atoms with Crippen LogP contribution in [-0.4, -0.2) is 24.3 Å². The summed E-state index contributed by atoms with van der Waals surface area (Å²) in [7, 11) is 1.41. The van der Waals surface area contributed by atoms with Gasteiger partial charge >= 0.3 is 0 Å². The first kappa shape index (κ1) is 14.9. The van der Waals surface area contributed by atoms with Crippen molar-refractivity contribution in [3.63, 3.8) is 0 Å². The van der Waals surface area contributed by atoms with Gasteiger partial charge in [0, 0.05) is 12.1 Å². The van der Waals surface area contributed by atoms with Crippen molar-refractivity contribution in [3.05, 3.63) is 29.6 Å². The van der Waals surface area contributed by atoms with Crippen molar-refractivity contribution in [1.82, 2.24) is 5.32 Å². The molecule has 1 rings (SSSR count). The molecule has 0 saturated heterocycles. The van der Waals surface area contributed by atoms with Crippen LogP contribution in [-0.2, 0) is 5.60 Å². The minimum Gasteiger partial charge on any atom is -0.494 e. The molecule has 102 valence electrons. The molecule has 0 aromatic heterocycles. The van der Waals surface area contributed by atoms with Gasteiger partial charge in [0.05, 0.1) is 12.7 Å². The Morgan fingerprint density at radius 1 is 1.28 bits per heavy atom. The monoisotopic (exact) mass is 255 g/mol. The SMILES string of the molecule is COc1ccc(C(C)(O)CNC(C)(C)C)cc1F. The smallest absolute Gasteiger partial charge is 0.165 e. The summed E-state index contributed by atoms with van der Waals surface area (Å²) in [5.41, 5.74) is -0.701. The average Bonchev–Trinajstić information content (AvgIpc) is 2.25. The summed E-state index contributed by atoms with van der Waals surface area (Å²) >= 11 is 0. The van der Waals surface area contributed by atoms with E-state index in [0.717, 1.165) is 0 Å². The van der Waals surface area contributed by atoms with Gasteiger partial charge in [-0.15, -0.1) is 0 Å². The van der Waals surface area contributed by atoms with Gasteiger partial charge in [-0.2, -0.15) is 0 Å². The molecule has 0 aliphatic carbocycles. The lowest BCUT2D eigenvalue weighted by Gasteiger charge is -2.30. The quantitative estimate of drug-likeness (QED) is 0.868. The second-order valence-electron chi connectivity index (χ2n) is 5.73. The van der Waals surface area contributed by atoms with Crippen LogP contribution in [0.1, 0.15) is 33.3 Å². The minimum absolute atomic E-state index is 0.102. The molecule has 3 nitrogen and oxygen atoms in total. The Morgan fingerprint density at radius 2 is 1.89 bits per heavy atom. The van der Waals surface area contributed by atoms with Crippen LogP contribution in [0.5, 0.6) is 5.75 Å². The van der Waals surface area contributed by atoms with Crippen molar-refractivity contribution in [3.8, 4) is 5.75 Å². The number of benzene rings is 1. The van der Waals surface area contributed by atoms with Crippen molar-refractivity contribution >= 4 is 0 Å². The van der Waals surface area contributed by atoms with Gasteiger partial charge in [-0.05, 0) is 45.4 Å². The van der Waals surface area contributed by atoms with Crippen LogP contribution in [0, 0.1) is 5.82 Å². The summed E-state index contributed by atoms with van der Waals surface area (Å²) in [6.07, 6.45) is 0. The molecule has 2 N–H and O–H groups in total. The average molecular weight is 255 g/mol. The maximum Gasteiger partial charge on any atom is 0.165 e. The fourth-order valence-corrected chi connectivity index (χ4v) is 1.54. The van der Waals surface area contributed by atoms with Crippen LogP contribution < -0.4 is 10.1 Å². The normalized spacial score (nSPS) is 15.3. The van der Waals surface area contributed by atoms with Gasteiger partial charge in [0.2, 0.25) is 0 Å². The van der Waals surface area contributed by atoms with Crippen LogP contribution in [0.15, 0.2) is 18.2 Å². The van der Waals surface area contributed by atoms with Crippen LogP contribution in [0.4, 0.5) is 4.39 Å². The standard InChI is InChI=1S/C14H22FNO2/c1-13(2,3)16-9-14(4,17)10-6-7-12(18-5)11(15)8-10/h6-8,16-17H,9H2,1-5H3. The maximum atomic E-state index is 13.6. The predicted octanol–water partition coefficient (Wildman–Crippen LogP) is 2.43. The zero-order chi connectivity index (χ0) is 14.0. The molecule has 18 heavy (non-hydrogen) atoms. The summed E-state index contributed by atoms with van der Waals surface area (Å²) < 4.78 is 18.5. The molecule has 1 aromatic carbocycles. The minimum atomic E-state index is -1.12. The molecule has 0 aliphatic heterocycles. The van der Waals surface area contributed by atoms with Gasteiger partial charge in [0.1, 0.15) is 0 Å². The lowest BCUT2D eigenvalue weighted by atomic mass is 9.94. The second kappa shape index (κ2) is 5.24. The maximum absolute atomic E-state index is 13.6. The number of ether oxygens (including phenoxy) is 1. The van der Waals surface area contributed by atoms with E-state index in [9.17, 15) is 9.50 Å². The van der Waals surface area contributed by atoms with E-state index < -0.39 is 11.4 Å². The van der Waals surface area contributed by atoms with Crippen LogP contribution in [0.2, 0.25) is 0 Å². The molecule has 0 fully saturated rings. The van der Waals surface area contributed by atoms with E-state index in [4.69, 9.17) is 4.74 Å². The summed E-state index contributed by atoms with van der Waals surface area (Å²) in [6.45, 7) is 8.04. The van der Waals surface area contributed by atoms with E-state index in [-0.39, 0.29) is 11.3 Å². The first-order valence-corrected chi connectivity index (χ1v) is 5.97. The van der Waals surface area contributed by atoms with Gasteiger partial charge in [-0.25, -0.2) is 4.39 Å². The highest BCUT2D eigenvalue weighted by molar-refractivity contribution is 5.32. The van der Waals surface area contributed by atoms with Crippen molar-refractivity contribution in [2.75, 3.05) is 13.7 Å². The van der Waals surface area contributed by atoms with Crippen LogP contribution in [0.25, 0.3) is 0 Å². The van der Waals surface area contributed by atoms with Crippen molar-refractivity contribution < 1.29 is 14.2 Å². The number of nitrogens with one attached hydrogen (secondary N) is 1. The first-order chi connectivity index (χ1) is 8.15. The highest BCUT2D eigenvalue weighted by Crippen LogP contribution is 2.25. The largest absolute Gasteiger partial charge is 0.494 e. The summed E-state index contributed by atoms with van der Waals surface area (Å²) in [5.74, 6) is -0.288. The van der Waals surface area contributed by atoms with Gasteiger partial charge < -0.3 is 15.2 Å². The lowest BCUT2D eigenvalue weighted by molar-refractivity contribution is 0.0498. The molecule has 1 atom stereocenters. The molecule has 1 aromatic rings. The lowest BCUT2D eigenvalue weighted by Crippen LogP contribution is -2.44. The van der Waals surface area contributed by atoms with E-state index in [1.807, 2.05) is 20.8 Å². The third kappa shape index (κ3) is 3.96. The molecule has 0 bridgehead atoms. The molecule has 0 aliphatic rings. The number of β-amino-alcohol motifs (C(OH)–C–C–N with tert-alkyl or cyclic N) is 1. The Balaban J connectivity index is 2.88. The molecular formula is C14H22FNO2. The number of rotatable bonds is 4. The van der Waals surface area contributed by atoms with Crippen molar-refractivity contribution in [1.29, 1.82) is 0 Å². The molecule has 0 heterocycles. The third-order valence-corrected chi connectivity index (χ3v) is 2.74. The van der Waals surface area contributed by atoms with E-state index in [1.165, 1.54) is 19.2 Å². The van der Waals surface area contributed by atoms with Gasteiger partial charge in [-0.1, -0.05) is 6.07 Å². The fourth-order valence-electron chi connectivity index (χ4n) is 1.54. The molecule has 4 heteroatoms. The van der Waals surface area contributed by atoms with E-state index in [0.29, 0.717) is 12.1 Å². The Labute approximate surface area is 108 Å². The highest BCUT2D eigenvalue weighted by Gasteiger charge is 2.26. The van der Waals surface area contributed by atoms with E-state index in [1.54, 1.807) is 13.0 Å². The topological polar surface area (TPSA) is 41.5 Å². The van der Waals surface area contributed by atoms with Crippen molar-refractivity contribution in [2.24, 2.45) is 0 Å². The number of methoxy groups -OCH3 is 1. The van der Waals surface area contributed by atoms with E-state index >= 15 is 0 Å². The molecule has 0 amide bonds. The first-order valence-electron chi connectivity index (χ1n) is 5.97. The van der Waals surface area contributed by atoms with Crippen LogP contribution in [0.3, 0.4) is 0 Å². The third-order valence-electron chi connectivity index (χ3n) is 2.74. The number of halogens is 1. The van der Waals surface area contributed by atoms with Crippen molar-refractivity contribution in [2.45, 2.75) is 38.8 Å². The number of hydrogen-bond donors (Lipinski definition) is 2. The Bertz CT molecular complexity index is 411. The van der Waals surface area contributed by atoms with Gasteiger partial charge in [-0.3, -0.25) is 0 Å². The second-order valence-corrected chi connectivity index (χ2v) is 5.73. The molecule has 1 unspecified atom stereocenters. The van der Waals surface area contributed by atoms with Gasteiger partial charge in [0.25, 0.3) is 0 Å². The Kier molecular flexibility index (Phi) is 4.35. The highest BCUT2D eigenvalue weighted by atomic mass is 19.1. The predicted molar refractivity (Wildman–Crippen MR) is 70.3 cm³/mol. The Hall–Kier alpha value is -1.13. The molecule has 0 radical (unpaired) electrons. The zero-order valence-electron chi connectivity index (χ0n) is 11.7. The molecule has 0 spiro atoms. The molecule has 0 saturated carbocycles. The Morgan fingerprint density at radius 3 is 2.33 bits per heavy atom. The number of aliphatic hydroxyl groups is 1. The fraction of sp³-hybridized carbons (Fsp3) is 0.571. The van der Waals surface area contributed by atoms with Crippen LogP contribution >= 0.6 is 0 Å². The zero-order valence-corrected chi connectivity index (χ0v) is 11.7. The summed E-state index contributed by atoms with van der Waals surface area (Å²) in [4.78, 5) is 0.